The van der Waals surface area contributed by atoms with E-state index in [9.17, 15) is 13.2 Å². The Bertz CT molecular complexity index is 874. The maximum absolute atomic E-state index is 12.6. The van der Waals surface area contributed by atoms with E-state index in [1.165, 1.54) is 16.7 Å². The first kappa shape index (κ1) is 19.0. The minimum atomic E-state index is -3.67. The van der Waals surface area contributed by atoms with E-state index in [-0.39, 0.29) is 34.8 Å². The minimum Gasteiger partial charge on any atom is -0.408 e. The molecule has 3 rings (SSSR count). The number of aryl methyl sites for hydroxylation is 1. The molecule has 0 spiro atoms. The van der Waals surface area contributed by atoms with Gasteiger partial charge in [-0.2, -0.15) is 0 Å². The summed E-state index contributed by atoms with van der Waals surface area (Å²) in [4.78, 5) is 11.6. The summed E-state index contributed by atoms with van der Waals surface area (Å²) >= 11 is 0. The molecule has 0 bridgehead atoms. The first-order chi connectivity index (χ1) is 10.9. The Hall–Kier alpha value is -1.35. The summed E-state index contributed by atoms with van der Waals surface area (Å²) in [6, 6.07) is 4.31. The lowest BCUT2D eigenvalue weighted by Crippen LogP contribution is -2.44. The van der Waals surface area contributed by atoms with Crippen molar-refractivity contribution >= 4 is 33.5 Å². The molecular weight excluding hydrogens is 354 g/mol. The van der Waals surface area contributed by atoms with Gasteiger partial charge in [-0.3, -0.25) is 4.57 Å². The van der Waals surface area contributed by atoms with Gasteiger partial charge in [-0.15, -0.1) is 12.4 Å². The predicted octanol–water partition coefficient (Wildman–Crippen LogP) is 1.35. The molecule has 2 unspecified atom stereocenters. The summed E-state index contributed by atoms with van der Waals surface area (Å²) in [5.41, 5.74) is 6.58. The third-order valence-electron chi connectivity index (χ3n) is 4.59. The monoisotopic (exact) mass is 375 g/mol. The SMILES string of the molecule is Cl.Cn1c(=O)oc2cc(S(=O)(=O)NC3CCCCC3CN)ccc21. The molecule has 0 aliphatic heterocycles. The molecule has 1 fully saturated rings. The molecule has 2 aromatic rings. The second-order valence-corrected chi connectivity index (χ2v) is 7.78. The van der Waals surface area contributed by atoms with Crippen LogP contribution in [0.15, 0.2) is 32.3 Å². The van der Waals surface area contributed by atoms with Crippen molar-refractivity contribution in [1.82, 2.24) is 9.29 Å². The molecule has 134 valence electrons. The van der Waals surface area contributed by atoms with Crippen LogP contribution in [0.3, 0.4) is 0 Å². The van der Waals surface area contributed by atoms with Crippen molar-refractivity contribution in [3.63, 3.8) is 0 Å². The summed E-state index contributed by atoms with van der Waals surface area (Å²) in [7, 11) is -2.10. The maximum Gasteiger partial charge on any atom is 0.419 e. The fourth-order valence-corrected chi connectivity index (χ4v) is 4.55. The van der Waals surface area contributed by atoms with Crippen LogP contribution in [0.2, 0.25) is 0 Å². The van der Waals surface area contributed by atoms with E-state index in [1.54, 1.807) is 13.1 Å². The lowest BCUT2D eigenvalue weighted by Gasteiger charge is -2.31. The summed E-state index contributed by atoms with van der Waals surface area (Å²) in [5.74, 6) is -0.352. The van der Waals surface area contributed by atoms with Gasteiger partial charge in [-0.05, 0) is 37.4 Å². The van der Waals surface area contributed by atoms with E-state index < -0.39 is 15.8 Å². The van der Waals surface area contributed by atoms with Crippen molar-refractivity contribution in [1.29, 1.82) is 0 Å². The van der Waals surface area contributed by atoms with Crippen LogP contribution < -0.4 is 16.2 Å². The number of fused-ring (bicyclic) bond motifs is 1. The number of nitrogens with zero attached hydrogens (tertiary/aromatic N) is 1. The topological polar surface area (TPSA) is 107 Å². The van der Waals surface area contributed by atoms with Gasteiger partial charge in [0.15, 0.2) is 5.58 Å². The molecule has 7 nitrogen and oxygen atoms in total. The zero-order valence-corrected chi connectivity index (χ0v) is 15.0. The predicted molar refractivity (Wildman–Crippen MR) is 93.8 cm³/mol. The standard InChI is InChI=1S/C15H21N3O4S.ClH/c1-18-13-7-6-11(8-14(13)22-15(18)19)23(20,21)17-12-5-3-2-4-10(12)9-16;/h6-8,10,12,17H,2-5,9,16H2,1H3;1H. The summed E-state index contributed by atoms with van der Waals surface area (Å²) < 4.78 is 34.4. The van der Waals surface area contributed by atoms with Crippen LogP contribution in [0.1, 0.15) is 25.7 Å². The number of hydrogen-bond donors (Lipinski definition) is 2. The van der Waals surface area contributed by atoms with Gasteiger partial charge in [0, 0.05) is 19.2 Å². The fraction of sp³-hybridized carbons (Fsp3) is 0.533. The summed E-state index contributed by atoms with van der Waals surface area (Å²) in [6.07, 6.45) is 3.82. The second-order valence-electron chi connectivity index (χ2n) is 6.06. The quantitative estimate of drug-likeness (QED) is 0.838. The Balaban J connectivity index is 0.00000208. The normalized spacial score (nSPS) is 21.6. The van der Waals surface area contributed by atoms with Gasteiger partial charge >= 0.3 is 5.76 Å². The molecule has 0 radical (unpaired) electrons. The van der Waals surface area contributed by atoms with Crippen molar-refractivity contribution in [2.75, 3.05) is 6.54 Å². The molecule has 2 atom stereocenters. The number of aromatic nitrogens is 1. The van der Waals surface area contributed by atoms with E-state index in [4.69, 9.17) is 10.2 Å². The third-order valence-corrected chi connectivity index (χ3v) is 6.08. The van der Waals surface area contributed by atoms with E-state index in [1.807, 2.05) is 0 Å². The van der Waals surface area contributed by atoms with Crippen LogP contribution in [-0.2, 0) is 17.1 Å². The van der Waals surface area contributed by atoms with Gasteiger partial charge in [0.25, 0.3) is 0 Å². The van der Waals surface area contributed by atoms with E-state index in [2.05, 4.69) is 4.72 Å². The molecule has 0 saturated heterocycles. The molecule has 1 aromatic carbocycles. The first-order valence-corrected chi connectivity index (χ1v) is 9.22. The highest BCUT2D eigenvalue weighted by Crippen LogP contribution is 2.26. The molecule has 3 N–H and O–H groups in total. The van der Waals surface area contributed by atoms with Crippen LogP contribution in [0.25, 0.3) is 11.1 Å². The van der Waals surface area contributed by atoms with E-state index in [0.29, 0.717) is 12.1 Å². The maximum atomic E-state index is 12.6. The molecule has 9 heteroatoms. The molecule has 1 saturated carbocycles. The highest BCUT2D eigenvalue weighted by atomic mass is 35.5. The van der Waals surface area contributed by atoms with Crippen LogP contribution in [0.5, 0.6) is 0 Å². The Morgan fingerprint density at radius 3 is 2.75 bits per heavy atom. The zero-order chi connectivity index (χ0) is 16.6. The number of nitrogens with one attached hydrogen (secondary N) is 1. The number of sulfonamides is 1. The van der Waals surface area contributed by atoms with E-state index >= 15 is 0 Å². The molecule has 1 heterocycles. The molecule has 24 heavy (non-hydrogen) atoms. The van der Waals surface area contributed by atoms with Crippen molar-refractivity contribution in [3.05, 3.63) is 28.7 Å². The Kier molecular flexibility index (Phi) is 5.74. The van der Waals surface area contributed by atoms with Gasteiger partial charge in [-0.1, -0.05) is 12.8 Å². The minimum absolute atomic E-state index is 0. The van der Waals surface area contributed by atoms with E-state index in [0.717, 1.165) is 25.7 Å². The third kappa shape index (κ3) is 3.51. The largest absolute Gasteiger partial charge is 0.419 e. The average Bonchev–Trinajstić information content (AvgIpc) is 2.82. The van der Waals surface area contributed by atoms with Gasteiger partial charge in [-0.25, -0.2) is 17.9 Å². The zero-order valence-electron chi connectivity index (χ0n) is 13.4. The molecule has 0 amide bonds. The Morgan fingerprint density at radius 2 is 2.04 bits per heavy atom. The van der Waals surface area contributed by atoms with Gasteiger partial charge in [0.05, 0.1) is 10.4 Å². The Morgan fingerprint density at radius 1 is 1.33 bits per heavy atom. The number of halogens is 1. The number of hydrogen-bond acceptors (Lipinski definition) is 5. The van der Waals surface area contributed by atoms with Crippen molar-refractivity contribution < 1.29 is 12.8 Å². The van der Waals surface area contributed by atoms with Crippen molar-refractivity contribution in [2.45, 2.75) is 36.6 Å². The van der Waals surface area contributed by atoms with Gasteiger partial charge in [0.1, 0.15) is 0 Å². The molecule has 1 aliphatic rings. The van der Waals surface area contributed by atoms with Crippen LogP contribution >= 0.6 is 12.4 Å². The number of benzene rings is 1. The van der Waals surface area contributed by atoms with Crippen molar-refractivity contribution in [3.8, 4) is 0 Å². The first-order valence-electron chi connectivity index (χ1n) is 7.74. The second kappa shape index (κ2) is 7.26. The smallest absolute Gasteiger partial charge is 0.408 e. The molecular formula is C15H22ClN3O4S. The van der Waals surface area contributed by atoms with Crippen LogP contribution in [0, 0.1) is 5.92 Å². The fourth-order valence-electron chi connectivity index (χ4n) is 3.19. The van der Waals surface area contributed by atoms with Crippen LogP contribution in [-0.4, -0.2) is 25.6 Å². The van der Waals surface area contributed by atoms with Gasteiger partial charge < -0.3 is 10.2 Å². The number of nitrogens with two attached hydrogens (primary N) is 1. The molecule has 1 aliphatic carbocycles. The lowest BCUT2D eigenvalue weighted by atomic mass is 9.85. The number of rotatable bonds is 4. The highest BCUT2D eigenvalue weighted by molar-refractivity contribution is 7.89. The van der Waals surface area contributed by atoms with Crippen LogP contribution in [0.4, 0.5) is 0 Å². The number of oxazole rings is 1. The Labute approximate surface area is 146 Å². The van der Waals surface area contributed by atoms with Gasteiger partial charge in [0.2, 0.25) is 10.0 Å². The van der Waals surface area contributed by atoms with Crippen molar-refractivity contribution in [2.24, 2.45) is 18.7 Å². The summed E-state index contributed by atoms with van der Waals surface area (Å²) in [5, 5.41) is 0. The highest BCUT2D eigenvalue weighted by Gasteiger charge is 2.29. The molecule has 1 aromatic heterocycles. The summed E-state index contributed by atoms with van der Waals surface area (Å²) in [6.45, 7) is 0.472. The lowest BCUT2D eigenvalue weighted by molar-refractivity contribution is 0.296. The average molecular weight is 376 g/mol.